The van der Waals surface area contributed by atoms with Crippen molar-refractivity contribution in [2.24, 2.45) is 0 Å². The molecule has 0 nitrogen and oxygen atoms in total. The number of benzene rings is 3. The second-order valence-corrected chi connectivity index (χ2v) is 10.3. The first-order valence-electron chi connectivity index (χ1n) is 9.63. The van der Waals surface area contributed by atoms with Crippen molar-refractivity contribution in [2.75, 3.05) is 0 Å². The van der Waals surface area contributed by atoms with Crippen LogP contribution in [0.3, 0.4) is 0 Å². The van der Waals surface area contributed by atoms with Crippen LogP contribution in [0, 0.1) is 0 Å². The van der Waals surface area contributed by atoms with E-state index in [1.807, 2.05) is 42.3 Å². The zero-order valence-electron chi connectivity index (χ0n) is 16.4. The van der Waals surface area contributed by atoms with Gasteiger partial charge in [-0.3, -0.25) is 0 Å². The van der Waals surface area contributed by atoms with Crippen LogP contribution >= 0.6 is 0 Å². The Bertz CT molecular complexity index is 1070. The van der Waals surface area contributed by atoms with Crippen LogP contribution in [0.2, 0.25) is 0 Å². The molecule has 3 aromatic carbocycles. The molecule has 0 radical (unpaired) electrons. The zero-order valence-corrected chi connectivity index (χ0v) is 18.7. The molecule has 8 heteroatoms. The summed E-state index contributed by atoms with van der Waals surface area (Å²) < 4.78 is 79.6. The summed E-state index contributed by atoms with van der Waals surface area (Å²) in [5.74, 6) is 4.10. The Morgan fingerprint density at radius 3 is 1.31 bits per heavy atom. The van der Waals surface area contributed by atoms with Gasteiger partial charge in [0.2, 0.25) is 0 Å². The van der Waals surface area contributed by atoms with Crippen molar-refractivity contribution in [2.45, 2.75) is 12.4 Å². The minimum absolute atomic E-state index is 0.121. The molecule has 1 aliphatic heterocycles. The van der Waals surface area contributed by atoms with Gasteiger partial charge in [-0.25, -0.2) is 0 Å². The van der Waals surface area contributed by atoms with E-state index < -0.39 is 44.4 Å². The molecular weight excluding hydrogens is 541 g/mol. The van der Waals surface area contributed by atoms with Crippen molar-refractivity contribution in [3.63, 3.8) is 0 Å². The Balaban J connectivity index is 1.71. The van der Waals surface area contributed by atoms with Gasteiger partial charge in [0.1, 0.15) is 0 Å². The summed E-state index contributed by atoms with van der Waals surface area (Å²) in [6.07, 6.45) is -8.82. The van der Waals surface area contributed by atoms with Crippen LogP contribution in [-0.4, -0.2) is 27.6 Å². The van der Waals surface area contributed by atoms with Gasteiger partial charge in [-0.1, -0.05) is 0 Å². The van der Waals surface area contributed by atoms with Crippen LogP contribution in [0.25, 0.3) is 7.24 Å². The molecule has 1 heterocycles. The van der Waals surface area contributed by atoms with E-state index in [1.165, 1.54) is 24.3 Å². The van der Waals surface area contributed by atoms with E-state index >= 15 is 0 Å². The Kier molecular flexibility index (Phi) is 6.29. The molecule has 0 aliphatic carbocycles. The number of rotatable bonds is 3. The predicted octanol–water partition coefficient (Wildman–Crippen LogP) is 6.30. The Morgan fingerprint density at radius 2 is 0.938 bits per heavy atom. The summed E-state index contributed by atoms with van der Waals surface area (Å²) in [6.45, 7) is -0.121. The van der Waals surface area contributed by atoms with E-state index in [0.29, 0.717) is 11.1 Å². The zero-order chi connectivity index (χ0) is 22.9. The number of hydrogen-bond acceptors (Lipinski definition) is 0. The molecule has 0 saturated carbocycles. The van der Waals surface area contributed by atoms with Crippen LogP contribution in [0.4, 0.5) is 26.3 Å². The molecular formula is C24H15BF6Te. The van der Waals surface area contributed by atoms with E-state index in [4.69, 9.17) is 0 Å². The molecule has 0 fully saturated rings. The quantitative estimate of drug-likeness (QED) is 0.263. The fraction of sp³-hybridized carbons (Fsp3) is 0.0833. The van der Waals surface area contributed by atoms with Crippen LogP contribution in [0.5, 0.6) is 0 Å². The van der Waals surface area contributed by atoms with Crippen molar-refractivity contribution in [1.29, 1.82) is 0 Å². The van der Waals surface area contributed by atoms with Gasteiger partial charge >= 0.3 is 192 Å². The van der Waals surface area contributed by atoms with Crippen LogP contribution in [-0.2, 0) is 12.4 Å². The van der Waals surface area contributed by atoms with Gasteiger partial charge in [0.25, 0.3) is 0 Å². The molecule has 0 atom stereocenters. The SMILES string of the molecule is FC(F)(F)c1ccc(C2=CB(c3ccccc3)C=C(c3ccc(C(F)(F)F)cc3)[Te]2)cc1. The first-order valence-corrected chi connectivity index (χ1v) is 12.0. The summed E-state index contributed by atoms with van der Waals surface area (Å²) in [6, 6.07) is 19.7. The second-order valence-electron chi connectivity index (χ2n) is 7.25. The topological polar surface area (TPSA) is 0 Å². The molecule has 1 aliphatic rings. The van der Waals surface area contributed by atoms with Crippen molar-refractivity contribution in [3.8, 4) is 0 Å². The van der Waals surface area contributed by atoms with E-state index in [9.17, 15) is 26.3 Å². The Labute approximate surface area is 191 Å². The summed E-state index contributed by atoms with van der Waals surface area (Å²) in [5.41, 5.74) is 0.999. The molecule has 0 spiro atoms. The summed E-state index contributed by atoms with van der Waals surface area (Å²) in [7, 11) is 0. The third-order valence-electron chi connectivity index (χ3n) is 5.06. The van der Waals surface area contributed by atoms with Crippen molar-refractivity contribution < 1.29 is 26.3 Å². The molecule has 0 bridgehead atoms. The fourth-order valence-corrected chi connectivity index (χ4v) is 6.74. The fourth-order valence-electron chi connectivity index (χ4n) is 3.39. The number of halogens is 6. The van der Waals surface area contributed by atoms with Gasteiger partial charge in [-0.05, 0) is 0 Å². The van der Waals surface area contributed by atoms with Crippen molar-refractivity contribution in [3.05, 3.63) is 113 Å². The van der Waals surface area contributed by atoms with Gasteiger partial charge in [-0.2, -0.15) is 0 Å². The molecule has 0 unspecified atom stereocenters. The van der Waals surface area contributed by atoms with Gasteiger partial charge in [0.05, 0.1) is 0 Å². The average Bonchev–Trinajstić information content (AvgIpc) is 2.78. The molecule has 0 amide bonds. The van der Waals surface area contributed by atoms with Crippen LogP contribution in [0.15, 0.2) is 90.8 Å². The predicted molar refractivity (Wildman–Crippen MR) is 116 cm³/mol. The summed E-state index contributed by atoms with van der Waals surface area (Å²) >= 11 is -1.03. The van der Waals surface area contributed by atoms with Crippen LogP contribution < -0.4 is 5.46 Å². The molecule has 0 aromatic heterocycles. The first kappa shape index (κ1) is 22.8. The minimum atomic E-state index is -4.41. The molecule has 4 rings (SSSR count). The monoisotopic (exact) mass is 558 g/mol. The number of alkyl halides is 6. The molecule has 0 N–H and O–H groups in total. The van der Waals surface area contributed by atoms with Gasteiger partial charge in [0.15, 0.2) is 0 Å². The molecule has 3 aromatic rings. The van der Waals surface area contributed by atoms with Crippen molar-refractivity contribution in [1.82, 2.24) is 0 Å². The second kappa shape index (κ2) is 8.84. The standard InChI is InChI=1S/C24H15BF6Te/c26-23(27,28)18-10-6-16(7-11-18)21-14-25(20-4-2-1-3-5-20)15-22(32-21)17-8-12-19(13-9-17)24(29,30)31/h1-15H. The Morgan fingerprint density at radius 1 is 0.531 bits per heavy atom. The maximum atomic E-state index is 12.9. The number of hydrogen-bond donors (Lipinski definition) is 0. The van der Waals surface area contributed by atoms with E-state index in [2.05, 4.69) is 0 Å². The van der Waals surface area contributed by atoms with E-state index in [1.54, 1.807) is 0 Å². The van der Waals surface area contributed by atoms with Crippen molar-refractivity contribution >= 4 is 40.3 Å². The summed E-state index contributed by atoms with van der Waals surface area (Å²) in [4.78, 5) is 0. The third-order valence-corrected chi connectivity index (χ3v) is 8.44. The Hall–Kier alpha value is -2.43. The maximum absolute atomic E-state index is 12.9. The van der Waals surface area contributed by atoms with Crippen LogP contribution in [0.1, 0.15) is 22.3 Å². The van der Waals surface area contributed by atoms with Gasteiger partial charge in [-0.15, -0.1) is 0 Å². The van der Waals surface area contributed by atoms with Gasteiger partial charge < -0.3 is 0 Å². The molecule has 32 heavy (non-hydrogen) atoms. The van der Waals surface area contributed by atoms with Gasteiger partial charge in [0, 0.05) is 0 Å². The normalized spacial score (nSPS) is 14.8. The third kappa shape index (κ3) is 5.14. The van der Waals surface area contributed by atoms with E-state index in [-0.39, 0.29) is 6.71 Å². The summed E-state index contributed by atoms with van der Waals surface area (Å²) in [5, 5.41) is 0. The van der Waals surface area contributed by atoms with E-state index in [0.717, 1.165) is 37.0 Å². The molecule has 0 saturated heterocycles. The molecule has 162 valence electrons. The first-order chi connectivity index (χ1) is 15.1. The average molecular weight is 556 g/mol.